The number of rotatable bonds is 6. The Bertz CT molecular complexity index is 584. The number of sulfonamides is 1. The van der Waals surface area contributed by atoms with E-state index in [9.17, 15) is 8.42 Å². The molecule has 1 aliphatic carbocycles. The van der Waals surface area contributed by atoms with Gasteiger partial charge in [0.25, 0.3) is 10.0 Å². The highest BCUT2D eigenvalue weighted by molar-refractivity contribution is 7.89. The smallest absolute Gasteiger partial charge is 0.255 e. The number of pyridine rings is 1. The number of anilines is 1. The van der Waals surface area contributed by atoms with Crippen LogP contribution in [-0.2, 0) is 10.0 Å². The molecule has 3 N–H and O–H groups in total. The largest absolute Gasteiger partial charge is 0.370 e. The summed E-state index contributed by atoms with van der Waals surface area (Å²) >= 11 is 0. The molecule has 118 valence electrons. The molecule has 0 bridgehead atoms. The first-order valence-corrected chi connectivity index (χ1v) is 9.05. The second-order valence-corrected chi connectivity index (χ2v) is 8.26. The molecule has 21 heavy (non-hydrogen) atoms. The normalized spacial score (nSPS) is 21.4. The molecule has 0 aliphatic heterocycles. The van der Waals surface area contributed by atoms with E-state index in [4.69, 9.17) is 5.14 Å². The zero-order valence-corrected chi connectivity index (χ0v) is 13.6. The van der Waals surface area contributed by atoms with Crippen LogP contribution in [0.4, 0.5) is 5.82 Å². The molecular formula is C15H25N3O2S. The fraction of sp³-hybridized carbons (Fsp3) is 0.667. The van der Waals surface area contributed by atoms with E-state index in [0.717, 1.165) is 18.9 Å². The van der Waals surface area contributed by atoms with Gasteiger partial charge >= 0.3 is 0 Å². The molecule has 6 heteroatoms. The molecule has 0 amide bonds. The Hall–Kier alpha value is -1.14. The molecular weight excluding hydrogens is 286 g/mol. The Labute approximate surface area is 127 Å². The maximum Gasteiger partial charge on any atom is 0.255 e. The van der Waals surface area contributed by atoms with E-state index in [1.165, 1.54) is 31.7 Å². The average molecular weight is 311 g/mol. The molecule has 0 spiro atoms. The van der Waals surface area contributed by atoms with Crippen molar-refractivity contribution >= 4 is 15.8 Å². The molecule has 0 saturated heterocycles. The first-order chi connectivity index (χ1) is 9.76. The predicted molar refractivity (Wildman–Crippen MR) is 84.5 cm³/mol. The number of aromatic nitrogens is 1. The molecule has 1 saturated carbocycles. The SMILES string of the molecule is CC1(C)CC[C@H](CCCNc2cccc(S(N)(=O)=O)n2)C1. The van der Waals surface area contributed by atoms with Gasteiger partial charge in [0.2, 0.25) is 0 Å². The van der Waals surface area contributed by atoms with E-state index < -0.39 is 10.0 Å². The van der Waals surface area contributed by atoms with Crippen LogP contribution < -0.4 is 10.5 Å². The Kier molecular flexibility index (Phi) is 4.88. The van der Waals surface area contributed by atoms with Gasteiger partial charge in [0.1, 0.15) is 5.82 Å². The lowest BCUT2D eigenvalue weighted by Crippen LogP contribution is -2.15. The van der Waals surface area contributed by atoms with Crippen LogP contribution in [0.1, 0.15) is 46.0 Å². The summed E-state index contributed by atoms with van der Waals surface area (Å²) in [7, 11) is -3.73. The van der Waals surface area contributed by atoms with Crippen LogP contribution in [0.3, 0.4) is 0 Å². The quantitative estimate of drug-likeness (QED) is 0.791. The minimum absolute atomic E-state index is 0.0926. The molecule has 0 unspecified atom stereocenters. The second kappa shape index (κ2) is 6.32. The van der Waals surface area contributed by atoms with Crippen molar-refractivity contribution in [3.63, 3.8) is 0 Å². The van der Waals surface area contributed by atoms with Gasteiger partial charge in [0, 0.05) is 6.54 Å². The van der Waals surface area contributed by atoms with Crippen LogP contribution >= 0.6 is 0 Å². The van der Waals surface area contributed by atoms with Crippen molar-refractivity contribution in [2.24, 2.45) is 16.5 Å². The Morgan fingerprint density at radius 1 is 1.43 bits per heavy atom. The van der Waals surface area contributed by atoms with Crippen molar-refractivity contribution < 1.29 is 8.42 Å². The van der Waals surface area contributed by atoms with Gasteiger partial charge in [-0.25, -0.2) is 18.5 Å². The maximum atomic E-state index is 11.2. The molecule has 1 aromatic rings. The van der Waals surface area contributed by atoms with Crippen molar-refractivity contribution in [1.82, 2.24) is 4.98 Å². The fourth-order valence-corrected chi connectivity index (χ4v) is 3.60. The Morgan fingerprint density at radius 2 is 2.19 bits per heavy atom. The van der Waals surface area contributed by atoms with Crippen LogP contribution in [0.2, 0.25) is 0 Å². The first-order valence-electron chi connectivity index (χ1n) is 7.50. The summed E-state index contributed by atoms with van der Waals surface area (Å²) in [6.07, 6.45) is 6.24. The molecule has 0 radical (unpaired) electrons. The summed E-state index contributed by atoms with van der Waals surface area (Å²) < 4.78 is 22.5. The van der Waals surface area contributed by atoms with E-state index in [1.807, 2.05) is 0 Å². The van der Waals surface area contributed by atoms with Crippen LogP contribution in [0.5, 0.6) is 0 Å². The van der Waals surface area contributed by atoms with Crippen LogP contribution in [-0.4, -0.2) is 19.9 Å². The molecule has 1 aromatic heterocycles. The van der Waals surface area contributed by atoms with Gasteiger partial charge < -0.3 is 5.32 Å². The topological polar surface area (TPSA) is 85.1 Å². The van der Waals surface area contributed by atoms with Crippen LogP contribution in [0.25, 0.3) is 0 Å². The molecule has 2 rings (SSSR count). The number of nitrogens with two attached hydrogens (primary N) is 1. The first kappa shape index (κ1) is 16.2. The molecule has 1 fully saturated rings. The third-order valence-corrected chi connectivity index (χ3v) is 4.99. The lowest BCUT2D eigenvalue weighted by molar-refractivity contribution is 0.352. The van der Waals surface area contributed by atoms with E-state index in [-0.39, 0.29) is 5.03 Å². The van der Waals surface area contributed by atoms with Gasteiger partial charge in [0.05, 0.1) is 0 Å². The van der Waals surface area contributed by atoms with Crippen molar-refractivity contribution in [3.8, 4) is 0 Å². The Morgan fingerprint density at radius 3 is 2.81 bits per heavy atom. The summed E-state index contributed by atoms with van der Waals surface area (Å²) in [5, 5.41) is 8.15. The monoisotopic (exact) mass is 311 g/mol. The molecule has 1 aliphatic rings. The molecule has 5 nitrogen and oxygen atoms in total. The minimum atomic E-state index is -3.73. The lowest BCUT2D eigenvalue weighted by Gasteiger charge is -2.17. The van der Waals surface area contributed by atoms with Gasteiger partial charge in [-0.2, -0.15) is 0 Å². The maximum absolute atomic E-state index is 11.2. The zero-order chi connectivity index (χ0) is 15.5. The van der Waals surface area contributed by atoms with Gasteiger partial charge in [0.15, 0.2) is 5.03 Å². The molecule has 1 atom stereocenters. The summed E-state index contributed by atoms with van der Waals surface area (Å²) in [6.45, 7) is 5.49. The van der Waals surface area contributed by atoms with Crippen molar-refractivity contribution in [1.29, 1.82) is 0 Å². The van der Waals surface area contributed by atoms with Gasteiger partial charge in [-0.15, -0.1) is 0 Å². The third kappa shape index (κ3) is 4.97. The average Bonchev–Trinajstić information content (AvgIpc) is 2.74. The van der Waals surface area contributed by atoms with Gasteiger partial charge in [-0.3, -0.25) is 0 Å². The van der Waals surface area contributed by atoms with Crippen molar-refractivity contribution in [3.05, 3.63) is 18.2 Å². The van der Waals surface area contributed by atoms with Crippen molar-refractivity contribution in [2.45, 2.75) is 51.0 Å². The lowest BCUT2D eigenvalue weighted by atomic mass is 9.89. The van der Waals surface area contributed by atoms with E-state index in [0.29, 0.717) is 11.2 Å². The Balaban J connectivity index is 1.77. The fourth-order valence-electron chi connectivity index (χ4n) is 3.11. The summed E-state index contributed by atoms with van der Waals surface area (Å²) in [5.41, 5.74) is 0.503. The summed E-state index contributed by atoms with van der Waals surface area (Å²) in [4.78, 5) is 4.01. The number of nitrogens with one attached hydrogen (secondary N) is 1. The second-order valence-electron chi connectivity index (χ2n) is 6.75. The van der Waals surface area contributed by atoms with Gasteiger partial charge in [-0.1, -0.05) is 19.9 Å². The zero-order valence-electron chi connectivity index (χ0n) is 12.8. The minimum Gasteiger partial charge on any atom is -0.370 e. The number of hydrogen-bond donors (Lipinski definition) is 2. The third-order valence-electron chi connectivity index (χ3n) is 4.18. The van der Waals surface area contributed by atoms with Gasteiger partial charge in [-0.05, 0) is 55.6 Å². The highest BCUT2D eigenvalue weighted by Gasteiger charge is 2.30. The highest BCUT2D eigenvalue weighted by atomic mass is 32.2. The summed E-state index contributed by atoms with van der Waals surface area (Å²) in [5.74, 6) is 1.39. The van der Waals surface area contributed by atoms with E-state index in [1.54, 1.807) is 12.1 Å². The predicted octanol–water partition coefficient (Wildman–Crippen LogP) is 2.75. The van der Waals surface area contributed by atoms with E-state index in [2.05, 4.69) is 24.1 Å². The molecule has 0 aromatic carbocycles. The molecule has 1 heterocycles. The number of primary sulfonamides is 1. The summed E-state index contributed by atoms with van der Waals surface area (Å²) in [6, 6.07) is 4.81. The standard InChI is InChI=1S/C15H25N3O2S/c1-15(2)9-8-12(11-15)5-4-10-17-13-6-3-7-14(18-13)21(16,19)20/h3,6-7,12H,4-5,8-11H2,1-2H3,(H,17,18)(H2,16,19,20)/t12-/m0/s1. The number of hydrogen-bond acceptors (Lipinski definition) is 4. The number of nitrogens with zero attached hydrogens (tertiary/aromatic N) is 1. The van der Waals surface area contributed by atoms with Crippen LogP contribution in [0.15, 0.2) is 23.2 Å². The van der Waals surface area contributed by atoms with Crippen LogP contribution in [0, 0.1) is 11.3 Å². The van der Waals surface area contributed by atoms with E-state index >= 15 is 0 Å². The highest BCUT2D eigenvalue weighted by Crippen LogP contribution is 2.42. The van der Waals surface area contributed by atoms with Crippen molar-refractivity contribution in [2.75, 3.05) is 11.9 Å².